The number of hydrogen-bond donors (Lipinski definition) is 1. The summed E-state index contributed by atoms with van der Waals surface area (Å²) < 4.78 is 2.15. The van der Waals surface area contributed by atoms with Crippen LogP contribution in [0.15, 0.2) is 48.5 Å². The van der Waals surface area contributed by atoms with E-state index >= 15 is 0 Å². The third kappa shape index (κ3) is 4.20. The summed E-state index contributed by atoms with van der Waals surface area (Å²) >= 11 is 11.3. The van der Waals surface area contributed by atoms with Crippen molar-refractivity contribution < 1.29 is 4.79 Å². The Morgan fingerprint density at radius 2 is 2.04 bits per heavy atom. The molecule has 0 aliphatic rings. The van der Waals surface area contributed by atoms with Crippen molar-refractivity contribution in [3.05, 3.63) is 69.5 Å². The summed E-state index contributed by atoms with van der Waals surface area (Å²) in [5.74, 6) is 0.597. The lowest BCUT2D eigenvalue weighted by Crippen LogP contribution is -2.30. The minimum Gasteiger partial charge on any atom is -0.340 e. The number of H-pyrrole nitrogens is 1. The van der Waals surface area contributed by atoms with Crippen LogP contribution in [0, 0.1) is 11.7 Å². The van der Waals surface area contributed by atoms with Gasteiger partial charge in [0.25, 0.3) is 0 Å². The van der Waals surface area contributed by atoms with E-state index in [1.54, 1.807) is 16.5 Å². The highest BCUT2D eigenvalue weighted by molar-refractivity contribution is 7.71. The molecule has 26 heavy (non-hydrogen) atoms. The molecule has 0 atom stereocenters. The predicted octanol–water partition coefficient (Wildman–Crippen LogP) is 4.23. The molecule has 7 heteroatoms. The first kappa shape index (κ1) is 18.4. The number of nitrogens with zero attached hydrogens (tertiary/aromatic N) is 3. The van der Waals surface area contributed by atoms with E-state index in [2.05, 4.69) is 10.2 Å². The van der Waals surface area contributed by atoms with Crippen molar-refractivity contribution in [3.63, 3.8) is 0 Å². The van der Waals surface area contributed by atoms with Gasteiger partial charge in [0, 0.05) is 24.2 Å². The van der Waals surface area contributed by atoms with E-state index in [9.17, 15) is 4.79 Å². The number of amides is 1. The average molecular weight is 387 g/mol. The SMILES string of the molecule is Cc1cccc(-c2n[nH]c(=S)n2CC(=O)N(C)Cc2cccc(Cl)c2)c1. The summed E-state index contributed by atoms with van der Waals surface area (Å²) in [5.41, 5.74) is 3.01. The summed E-state index contributed by atoms with van der Waals surface area (Å²) in [5, 5.41) is 7.73. The summed E-state index contributed by atoms with van der Waals surface area (Å²) in [6.45, 7) is 2.61. The van der Waals surface area contributed by atoms with Crippen LogP contribution in [-0.4, -0.2) is 32.6 Å². The van der Waals surface area contributed by atoms with Crippen LogP contribution < -0.4 is 0 Å². The third-order valence-electron chi connectivity index (χ3n) is 4.06. The number of carbonyl (C=O) groups excluding carboxylic acids is 1. The van der Waals surface area contributed by atoms with Crippen molar-refractivity contribution >= 4 is 29.7 Å². The van der Waals surface area contributed by atoms with Gasteiger partial charge in [-0.3, -0.25) is 14.5 Å². The molecule has 3 rings (SSSR count). The van der Waals surface area contributed by atoms with E-state index in [1.807, 2.05) is 55.5 Å². The fourth-order valence-corrected chi connectivity index (χ4v) is 3.13. The number of nitrogens with one attached hydrogen (secondary N) is 1. The second-order valence-electron chi connectivity index (χ2n) is 6.19. The number of aryl methyl sites for hydroxylation is 1. The van der Waals surface area contributed by atoms with Crippen molar-refractivity contribution in [1.82, 2.24) is 19.7 Å². The lowest BCUT2D eigenvalue weighted by molar-refractivity contribution is -0.131. The molecule has 3 aromatic rings. The number of hydrogen-bond acceptors (Lipinski definition) is 3. The molecule has 0 aliphatic heterocycles. The monoisotopic (exact) mass is 386 g/mol. The molecule has 1 N–H and O–H groups in total. The van der Waals surface area contributed by atoms with Crippen LogP contribution in [0.1, 0.15) is 11.1 Å². The molecule has 0 saturated heterocycles. The quantitative estimate of drug-likeness (QED) is 0.667. The Hall–Kier alpha value is -2.44. The minimum absolute atomic E-state index is 0.0589. The van der Waals surface area contributed by atoms with Gasteiger partial charge in [-0.25, -0.2) is 0 Å². The van der Waals surface area contributed by atoms with Gasteiger partial charge >= 0.3 is 0 Å². The molecule has 0 bridgehead atoms. The normalized spacial score (nSPS) is 10.7. The van der Waals surface area contributed by atoms with E-state index < -0.39 is 0 Å². The van der Waals surface area contributed by atoms with Crippen LogP contribution in [0.4, 0.5) is 0 Å². The number of rotatable bonds is 5. The Morgan fingerprint density at radius 1 is 1.27 bits per heavy atom. The second-order valence-corrected chi connectivity index (χ2v) is 7.01. The van der Waals surface area contributed by atoms with Crippen molar-refractivity contribution in [3.8, 4) is 11.4 Å². The molecule has 0 unspecified atom stereocenters. The van der Waals surface area contributed by atoms with Gasteiger partial charge in [0.15, 0.2) is 10.6 Å². The van der Waals surface area contributed by atoms with Crippen LogP contribution in [0.2, 0.25) is 5.02 Å². The number of aromatic amines is 1. The van der Waals surface area contributed by atoms with Crippen LogP contribution in [0.5, 0.6) is 0 Å². The molecular formula is C19H19ClN4OS. The Bertz CT molecular complexity index is 995. The fraction of sp³-hybridized carbons (Fsp3) is 0.211. The first-order valence-corrected chi connectivity index (χ1v) is 8.93. The van der Waals surface area contributed by atoms with Gasteiger partial charge in [-0.05, 0) is 42.9 Å². The summed E-state index contributed by atoms with van der Waals surface area (Å²) in [4.78, 5) is 14.3. The van der Waals surface area contributed by atoms with Crippen molar-refractivity contribution in [1.29, 1.82) is 0 Å². The maximum absolute atomic E-state index is 12.7. The molecule has 0 spiro atoms. The van der Waals surface area contributed by atoms with Gasteiger partial charge < -0.3 is 4.90 Å². The van der Waals surface area contributed by atoms with Gasteiger partial charge in [0.1, 0.15) is 6.54 Å². The molecule has 1 heterocycles. The van der Waals surface area contributed by atoms with Crippen LogP contribution in [0.3, 0.4) is 0 Å². The molecule has 0 saturated carbocycles. The first-order valence-electron chi connectivity index (χ1n) is 8.14. The van der Waals surface area contributed by atoms with Crippen molar-refractivity contribution in [2.24, 2.45) is 0 Å². The summed E-state index contributed by atoms with van der Waals surface area (Å²) in [6, 6.07) is 15.4. The highest BCUT2D eigenvalue weighted by atomic mass is 35.5. The van der Waals surface area contributed by atoms with E-state index in [0.29, 0.717) is 22.2 Å². The van der Waals surface area contributed by atoms with Gasteiger partial charge in [-0.2, -0.15) is 5.10 Å². The average Bonchev–Trinajstić information content (AvgIpc) is 2.95. The largest absolute Gasteiger partial charge is 0.340 e. The number of likely N-dealkylation sites (N-methyl/N-ethyl adjacent to an activating group) is 1. The first-order chi connectivity index (χ1) is 12.4. The number of carbonyl (C=O) groups is 1. The van der Waals surface area contributed by atoms with E-state index in [0.717, 1.165) is 16.7 Å². The molecular weight excluding hydrogens is 368 g/mol. The highest BCUT2D eigenvalue weighted by Crippen LogP contribution is 2.19. The summed E-state index contributed by atoms with van der Waals surface area (Å²) in [7, 11) is 1.76. The highest BCUT2D eigenvalue weighted by Gasteiger charge is 2.15. The number of benzene rings is 2. The van der Waals surface area contributed by atoms with Crippen LogP contribution in [-0.2, 0) is 17.9 Å². The molecule has 1 aromatic heterocycles. The van der Waals surface area contributed by atoms with E-state index in [4.69, 9.17) is 23.8 Å². The van der Waals surface area contributed by atoms with Crippen LogP contribution in [0.25, 0.3) is 11.4 Å². The molecule has 134 valence electrons. The van der Waals surface area contributed by atoms with Crippen LogP contribution >= 0.6 is 23.8 Å². The lowest BCUT2D eigenvalue weighted by Gasteiger charge is -2.18. The zero-order valence-electron chi connectivity index (χ0n) is 14.6. The Morgan fingerprint density at radius 3 is 2.77 bits per heavy atom. The molecule has 1 amide bonds. The molecule has 5 nitrogen and oxygen atoms in total. The summed E-state index contributed by atoms with van der Waals surface area (Å²) in [6.07, 6.45) is 0. The minimum atomic E-state index is -0.0589. The zero-order valence-corrected chi connectivity index (χ0v) is 16.1. The Balaban J connectivity index is 1.79. The standard InChI is InChI=1S/C19H19ClN4OS/c1-13-5-3-7-15(9-13)18-21-22-19(26)24(18)12-17(25)23(2)11-14-6-4-8-16(20)10-14/h3-10H,11-12H2,1-2H3,(H,22,26). The molecule has 2 aromatic carbocycles. The lowest BCUT2D eigenvalue weighted by atomic mass is 10.1. The van der Waals surface area contributed by atoms with Gasteiger partial charge in [-0.1, -0.05) is 47.5 Å². The topological polar surface area (TPSA) is 53.9 Å². The van der Waals surface area contributed by atoms with Crippen molar-refractivity contribution in [2.75, 3.05) is 7.05 Å². The van der Waals surface area contributed by atoms with Gasteiger partial charge in [0.2, 0.25) is 5.91 Å². The molecule has 0 aliphatic carbocycles. The van der Waals surface area contributed by atoms with Crippen molar-refractivity contribution in [2.45, 2.75) is 20.0 Å². The van der Waals surface area contributed by atoms with E-state index in [1.165, 1.54) is 0 Å². The van der Waals surface area contributed by atoms with Gasteiger partial charge in [-0.15, -0.1) is 0 Å². The maximum Gasteiger partial charge on any atom is 0.242 e. The fourth-order valence-electron chi connectivity index (χ4n) is 2.72. The molecule has 0 fully saturated rings. The molecule has 0 radical (unpaired) electrons. The number of halogens is 1. The zero-order chi connectivity index (χ0) is 18.7. The van der Waals surface area contributed by atoms with Gasteiger partial charge in [0.05, 0.1) is 0 Å². The number of aromatic nitrogens is 3. The second kappa shape index (κ2) is 7.85. The maximum atomic E-state index is 12.7. The Labute approximate surface area is 162 Å². The third-order valence-corrected chi connectivity index (χ3v) is 4.61. The van der Waals surface area contributed by atoms with E-state index in [-0.39, 0.29) is 12.5 Å². The smallest absolute Gasteiger partial charge is 0.242 e. The predicted molar refractivity (Wildman–Crippen MR) is 106 cm³/mol. The Kier molecular flexibility index (Phi) is 5.54.